The van der Waals surface area contributed by atoms with Crippen LogP contribution in [0.3, 0.4) is 0 Å². The Morgan fingerprint density at radius 1 is 1.47 bits per heavy atom. The normalized spacial score (nSPS) is 21.9. The zero-order valence-corrected chi connectivity index (χ0v) is 16.7. The molecule has 1 aromatic heterocycles. The molecule has 0 bridgehead atoms. The van der Waals surface area contributed by atoms with Gasteiger partial charge in [-0.3, -0.25) is 14.5 Å². The minimum atomic E-state index is -1.28. The Morgan fingerprint density at radius 2 is 2.23 bits per heavy atom. The summed E-state index contributed by atoms with van der Waals surface area (Å²) < 4.78 is 6.30. The van der Waals surface area contributed by atoms with E-state index in [1.165, 1.54) is 17.4 Å². The van der Waals surface area contributed by atoms with Crippen molar-refractivity contribution < 1.29 is 24.2 Å². The highest BCUT2D eigenvalue weighted by molar-refractivity contribution is 7.22. The smallest absolute Gasteiger partial charge is 0.356 e. The van der Waals surface area contributed by atoms with Gasteiger partial charge in [-0.2, -0.15) is 0 Å². The van der Waals surface area contributed by atoms with Gasteiger partial charge in [-0.05, 0) is 30.7 Å². The summed E-state index contributed by atoms with van der Waals surface area (Å²) in [5, 5.41) is 12.5. The lowest BCUT2D eigenvalue weighted by atomic mass is 9.92. The Labute approximate surface area is 174 Å². The number of fused-ring (bicyclic) bond motifs is 2. The van der Waals surface area contributed by atoms with Gasteiger partial charge in [-0.1, -0.05) is 23.5 Å². The van der Waals surface area contributed by atoms with Crippen LogP contribution >= 0.6 is 11.3 Å². The quantitative estimate of drug-likeness (QED) is 0.499. The summed E-state index contributed by atoms with van der Waals surface area (Å²) in [5.74, 6) is -2.24. The third-order valence-corrected chi connectivity index (χ3v) is 5.84. The van der Waals surface area contributed by atoms with Gasteiger partial charge in [0.1, 0.15) is 30.5 Å². The number of aliphatic carboxylic acids is 1. The number of ether oxygens (including phenoxy) is 1. The van der Waals surface area contributed by atoms with Crippen LogP contribution in [0.25, 0.3) is 10.2 Å². The summed E-state index contributed by atoms with van der Waals surface area (Å²) in [5.41, 5.74) is 12.8. The molecule has 1 aromatic carbocycles. The molecule has 1 fully saturated rings. The molecule has 156 valence electrons. The van der Waals surface area contributed by atoms with Crippen molar-refractivity contribution in [2.24, 2.45) is 5.73 Å². The van der Waals surface area contributed by atoms with E-state index in [0.29, 0.717) is 16.2 Å². The standard InChI is InChI=1S/C19H19N5O5S/c1-2-3-11-15(18(27)28)24-10(7-29-11)14(17(24)26)23-16(25)13(20)8-4-5-9-12(6-8)30-19(21)22-9/h2-6,10,13-14H,7,20H2,1H3,(H2,21,22)(H,23,25)(H,27,28)/b3-2+. The molecule has 0 saturated carbocycles. The number of anilines is 1. The summed E-state index contributed by atoms with van der Waals surface area (Å²) in [7, 11) is 0. The maximum absolute atomic E-state index is 12.7. The van der Waals surface area contributed by atoms with Gasteiger partial charge in [-0.25, -0.2) is 9.78 Å². The third-order valence-electron chi connectivity index (χ3n) is 4.99. The molecule has 1 saturated heterocycles. The van der Waals surface area contributed by atoms with Crippen molar-refractivity contribution in [3.05, 3.63) is 47.4 Å². The fourth-order valence-corrected chi connectivity index (χ4v) is 4.33. The lowest BCUT2D eigenvalue weighted by molar-refractivity contribution is -0.160. The molecule has 3 heterocycles. The van der Waals surface area contributed by atoms with Crippen LogP contribution < -0.4 is 16.8 Å². The maximum atomic E-state index is 12.7. The van der Waals surface area contributed by atoms with Gasteiger partial charge in [0.2, 0.25) is 5.91 Å². The number of rotatable bonds is 5. The van der Waals surface area contributed by atoms with E-state index in [1.807, 2.05) is 0 Å². The van der Waals surface area contributed by atoms with Crippen LogP contribution in [0.5, 0.6) is 0 Å². The molecular formula is C19H19N5O5S. The van der Waals surface area contributed by atoms with Crippen LogP contribution in [0, 0.1) is 0 Å². The Morgan fingerprint density at radius 3 is 2.93 bits per heavy atom. The molecule has 2 aromatic rings. The number of nitrogens with zero attached hydrogens (tertiary/aromatic N) is 2. The number of carboxylic acid groups (broad SMARTS) is 1. The highest BCUT2D eigenvalue weighted by Crippen LogP contribution is 2.33. The molecule has 2 aliphatic rings. The number of allylic oxidation sites excluding steroid dienone is 2. The highest BCUT2D eigenvalue weighted by Gasteiger charge is 2.54. The van der Waals surface area contributed by atoms with Crippen molar-refractivity contribution in [2.45, 2.75) is 25.0 Å². The van der Waals surface area contributed by atoms with Gasteiger partial charge in [0.05, 0.1) is 10.2 Å². The Balaban J connectivity index is 1.50. The molecule has 10 nitrogen and oxygen atoms in total. The SMILES string of the molecule is C/C=C/C1=C(C(=O)O)N2C(=O)C(NC(=O)C(N)c3ccc4nc(N)sc4c3)C2CO1. The minimum absolute atomic E-state index is 0.0640. The fraction of sp³-hybridized carbons (Fsp3) is 0.263. The van der Waals surface area contributed by atoms with Gasteiger partial charge in [0.15, 0.2) is 10.8 Å². The second kappa shape index (κ2) is 7.43. The lowest BCUT2D eigenvalue weighted by Gasteiger charge is -2.49. The molecule has 6 N–H and O–H groups in total. The van der Waals surface area contributed by atoms with Gasteiger partial charge >= 0.3 is 5.97 Å². The van der Waals surface area contributed by atoms with E-state index in [9.17, 15) is 19.5 Å². The number of nitrogen functional groups attached to an aromatic ring is 1. The van der Waals surface area contributed by atoms with Gasteiger partial charge < -0.3 is 26.6 Å². The number of β-lactam (4-membered cyclic amide) rings is 1. The van der Waals surface area contributed by atoms with Crippen molar-refractivity contribution in [1.82, 2.24) is 15.2 Å². The second-order valence-electron chi connectivity index (χ2n) is 6.85. The van der Waals surface area contributed by atoms with Crippen molar-refractivity contribution in [3.63, 3.8) is 0 Å². The topological polar surface area (TPSA) is 161 Å². The molecule has 2 aliphatic heterocycles. The van der Waals surface area contributed by atoms with Crippen LogP contribution in [0.2, 0.25) is 0 Å². The zero-order chi connectivity index (χ0) is 21.6. The number of carbonyl (C=O) groups excluding carboxylic acids is 2. The first kappa shape index (κ1) is 19.9. The van der Waals surface area contributed by atoms with E-state index in [0.717, 1.165) is 9.60 Å². The monoisotopic (exact) mass is 429 g/mol. The number of nitrogens with two attached hydrogens (primary N) is 2. The van der Waals surface area contributed by atoms with Crippen LogP contribution in [-0.4, -0.2) is 51.5 Å². The van der Waals surface area contributed by atoms with Gasteiger partial charge in [-0.15, -0.1) is 0 Å². The number of aromatic nitrogens is 1. The largest absolute Gasteiger partial charge is 0.489 e. The third kappa shape index (κ3) is 3.17. The molecule has 30 heavy (non-hydrogen) atoms. The highest BCUT2D eigenvalue weighted by atomic mass is 32.1. The number of thiazole rings is 1. The van der Waals surface area contributed by atoms with Crippen LogP contribution in [0.15, 0.2) is 41.8 Å². The predicted octanol–water partition coefficient (Wildman–Crippen LogP) is 0.476. The average molecular weight is 429 g/mol. The minimum Gasteiger partial charge on any atom is -0.489 e. The van der Waals surface area contributed by atoms with E-state index in [1.54, 1.807) is 31.2 Å². The van der Waals surface area contributed by atoms with Crippen molar-refractivity contribution >= 4 is 44.5 Å². The molecule has 4 rings (SSSR count). The average Bonchev–Trinajstić information content (AvgIpc) is 3.09. The number of carbonyl (C=O) groups is 3. The number of benzene rings is 1. The molecule has 3 unspecified atom stereocenters. The number of carboxylic acids is 1. The van der Waals surface area contributed by atoms with Gasteiger partial charge in [0.25, 0.3) is 5.91 Å². The first-order valence-electron chi connectivity index (χ1n) is 9.10. The summed E-state index contributed by atoms with van der Waals surface area (Å²) in [4.78, 5) is 42.2. The van der Waals surface area contributed by atoms with Crippen molar-refractivity contribution in [3.8, 4) is 0 Å². The first-order chi connectivity index (χ1) is 14.3. The van der Waals surface area contributed by atoms with E-state index < -0.39 is 35.9 Å². The second-order valence-corrected chi connectivity index (χ2v) is 7.91. The van der Waals surface area contributed by atoms with E-state index in [-0.39, 0.29) is 18.1 Å². The van der Waals surface area contributed by atoms with E-state index in [2.05, 4.69) is 10.3 Å². The Kier molecular flexibility index (Phi) is 4.92. The maximum Gasteiger partial charge on any atom is 0.356 e. The number of hydrogen-bond donors (Lipinski definition) is 4. The Bertz CT molecular complexity index is 1120. The molecule has 3 atom stereocenters. The molecule has 2 amide bonds. The molecule has 0 spiro atoms. The van der Waals surface area contributed by atoms with Crippen LogP contribution in [0.4, 0.5) is 5.13 Å². The molecule has 0 aliphatic carbocycles. The number of amides is 2. The molecule has 11 heteroatoms. The van der Waals surface area contributed by atoms with Crippen LogP contribution in [-0.2, 0) is 19.1 Å². The predicted molar refractivity (Wildman–Crippen MR) is 109 cm³/mol. The summed E-state index contributed by atoms with van der Waals surface area (Å²) in [6.45, 7) is 1.77. The molecular weight excluding hydrogens is 410 g/mol. The molecule has 0 radical (unpaired) electrons. The van der Waals surface area contributed by atoms with Crippen molar-refractivity contribution in [2.75, 3.05) is 12.3 Å². The van der Waals surface area contributed by atoms with E-state index >= 15 is 0 Å². The summed E-state index contributed by atoms with van der Waals surface area (Å²) in [6.07, 6.45) is 3.10. The van der Waals surface area contributed by atoms with Crippen LogP contribution in [0.1, 0.15) is 18.5 Å². The summed E-state index contributed by atoms with van der Waals surface area (Å²) >= 11 is 1.28. The first-order valence-corrected chi connectivity index (χ1v) is 9.91. The zero-order valence-electron chi connectivity index (χ0n) is 15.9. The number of nitrogens with one attached hydrogen (secondary N) is 1. The van der Waals surface area contributed by atoms with E-state index in [4.69, 9.17) is 16.2 Å². The lowest BCUT2D eigenvalue weighted by Crippen LogP contribution is -2.73. The Hall–Kier alpha value is -3.44. The van der Waals surface area contributed by atoms with Crippen molar-refractivity contribution in [1.29, 1.82) is 0 Å². The van der Waals surface area contributed by atoms with Gasteiger partial charge in [0, 0.05) is 0 Å². The summed E-state index contributed by atoms with van der Waals surface area (Å²) in [6, 6.07) is 2.60. The number of hydrogen-bond acceptors (Lipinski definition) is 8. The fourth-order valence-electron chi connectivity index (χ4n) is 3.55.